The third kappa shape index (κ3) is 5.60. The Morgan fingerprint density at radius 2 is 1.65 bits per heavy atom. The summed E-state index contributed by atoms with van der Waals surface area (Å²) in [5, 5.41) is 7.87. The Balaban J connectivity index is 1.58. The van der Waals surface area contributed by atoms with Crippen LogP contribution < -0.4 is 21.3 Å². The Bertz CT molecular complexity index is 1590. The molecular formula is C33H34N4O3. The number of carbonyl (C=O) groups excluding carboxylic acids is 3. The lowest BCUT2D eigenvalue weighted by Crippen LogP contribution is -2.38. The van der Waals surface area contributed by atoms with Crippen LogP contribution in [0.25, 0.3) is 10.8 Å². The molecule has 0 aliphatic carbocycles. The number of nitrogens with one attached hydrogen (secondary N) is 2. The Morgan fingerprint density at radius 3 is 2.38 bits per heavy atom. The molecule has 204 valence electrons. The summed E-state index contributed by atoms with van der Waals surface area (Å²) < 4.78 is 0. The van der Waals surface area contributed by atoms with E-state index in [1.54, 1.807) is 23.1 Å². The van der Waals surface area contributed by atoms with Crippen LogP contribution in [-0.2, 0) is 4.79 Å². The first kappa shape index (κ1) is 27.1. The molecule has 7 nitrogen and oxygen atoms in total. The zero-order valence-electron chi connectivity index (χ0n) is 23.0. The van der Waals surface area contributed by atoms with Crippen molar-refractivity contribution in [1.29, 1.82) is 0 Å². The molecule has 4 N–H and O–H groups in total. The summed E-state index contributed by atoms with van der Waals surface area (Å²) in [4.78, 5) is 42.1. The number of anilines is 2. The Kier molecular flexibility index (Phi) is 7.41. The molecule has 1 heterocycles. The van der Waals surface area contributed by atoms with E-state index in [1.165, 1.54) is 0 Å². The van der Waals surface area contributed by atoms with Crippen LogP contribution in [0, 0.1) is 12.3 Å². The lowest BCUT2D eigenvalue weighted by atomic mass is 9.94. The van der Waals surface area contributed by atoms with Gasteiger partial charge in [0.05, 0.1) is 23.8 Å². The third-order valence-corrected chi connectivity index (χ3v) is 7.44. The fourth-order valence-corrected chi connectivity index (χ4v) is 4.89. The number of rotatable bonds is 6. The highest BCUT2D eigenvalue weighted by Gasteiger charge is 2.34. The van der Waals surface area contributed by atoms with Gasteiger partial charge in [-0.1, -0.05) is 74.0 Å². The van der Waals surface area contributed by atoms with Crippen molar-refractivity contribution in [3.05, 3.63) is 107 Å². The molecule has 7 heteroatoms. The summed E-state index contributed by atoms with van der Waals surface area (Å²) >= 11 is 0. The second-order valence-corrected chi connectivity index (χ2v) is 11.2. The van der Waals surface area contributed by atoms with E-state index in [-0.39, 0.29) is 29.6 Å². The van der Waals surface area contributed by atoms with Crippen LogP contribution in [0.3, 0.4) is 0 Å². The number of nitrogens with zero attached hydrogens (tertiary/aromatic N) is 1. The van der Waals surface area contributed by atoms with Crippen LogP contribution in [0.1, 0.15) is 58.2 Å². The lowest BCUT2D eigenvalue weighted by molar-refractivity contribution is -0.116. The Labute approximate surface area is 234 Å². The second-order valence-electron chi connectivity index (χ2n) is 11.2. The number of amides is 3. The van der Waals surface area contributed by atoms with Gasteiger partial charge in [-0.25, -0.2) is 0 Å². The van der Waals surface area contributed by atoms with Gasteiger partial charge in [-0.2, -0.15) is 0 Å². The maximum Gasteiger partial charge on any atom is 0.258 e. The molecule has 1 aliphatic heterocycles. The number of hydrogen-bond donors (Lipinski definition) is 3. The summed E-state index contributed by atoms with van der Waals surface area (Å²) in [5.74, 6) is -0.733. The molecule has 4 aromatic carbocycles. The number of aryl methyl sites for hydroxylation is 1. The quantitative estimate of drug-likeness (QED) is 0.300. The fourth-order valence-electron chi connectivity index (χ4n) is 4.89. The van der Waals surface area contributed by atoms with Gasteiger partial charge in [-0.3, -0.25) is 19.3 Å². The highest BCUT2D eigenvalue weighted by atomic mass is 16.2. The van der Waals surface area contributed by atoms with Crippen molar-refractivity contribution in [3.63, 3.8) is 0 Å². The van der Waals surface area contributed by atoms with E-state index in [2.05, 4.69) is 10.6 Å². The minimum atomic E-state index is -0.536. The second kappa shape index (κ2) is 10.9. The van der Waals surface area contributed by atoms with Gasteiger partial charge in [0.15, 0.2) is 0 Å². The zero-order valence-corrected chi connectivity index (χ0v) is 23.0. The molecule has 0 radical (unpaired) electrons. The number of carbonyl (C=O) groups is 3. The summed E-state index contributed by atoms with van der Waals surface area (Å²) in [6.45, 7) is 6.80. The normalized spacial score (nSPS) is 15.2. The molecule has 1 unspecified atom stereocenters. The van der Waals surface area contributed by atoms with Gasteiger partial charge in [0.25, 0.3) is 11.8 Å². The first-order chi connectivity index (χ1) is 19.1. The maximum absolute atomic E-state index is 14.3. The maximum atomic E-state index is 14.3. The van der Waals surface area contributed by atoms with Gasteiger partial charge in [0.2, 0.25) is 5.91 Å². The zero-order chi connectivity index (χ0) is 28.4. The van der Waals surface area contributed by atoms with Crippen molar-refractivity contribution in [2.24, 2.45) is 11.1 Å². The number of nitrogens with two attached hydrogens (primary N) is 1. The van der Waals surface area contributed by atoms with Gasteiger partial charge >= 0.3 is 0 Å². The third-order valence-electron chi connectivity index (χ3n) is 7.44. The molecule has 5 rings (SSSR count). The first-order valence-corrected chi connectivity index (χ1v) is 13.5. The lowest BCUT2D eigenvalue weighted by Gasteiger charge is -2.31. The van der Waals surface area contributed by atoms with Gasteiger partial charge in [0, 0.05) is 17.7 Å². The molecule has 0 spiro atoms. The van der Waals surface area contributed by atoms with Crippen LogP contribution in [0.15, 0.2) is 84.9 Å². The first-order valence-electron chi connectivity index (χ1n) is 13.5. The van der Waals surface area contributed by atoms with E-state index in [1.807, 2.05) is 87.5 Å². The van der Waals surface area contributed by atoms with Crippen molar-refractivity contribution in [2.75, 3.05) is 23.3 Å². The van der Waals surface area contributed by atoms with Gasteiger partial charge in [-0.05, 0) is 65.6 Å². The fraction of sp³-hybridized carbons (Fsp3) is 0.242. The predicted octanol–water partition coefficient (Wildman–Crippen LogP) is 5.59. The van der Waals surface area contributed by atoms with Crippen molar-refractivity contribution in [3.8, 4) is 0 Å². The van der Waals surface area contributed by atoms with Crippen LogP contribution in [0.4, 0.5) is 11.4 Å². The largest absolute Gasteiger partial charge is 0.351 e. The van der Waals surface area contributed by atoms with Gasteiger partial charge < -0.3 is 16.4 Å². The van der Waals surface area contributed by atoms with E-state index in [4.69, 9.17) is 5.73 Å². The van der Waals surface area contributed by atoms with Crippen molar-refractivity contribution in [2.45, 2.75) is 33.2 Å². The highest BCUT2D eigenvalue weighted by Crippen LogP contribution is 2.40. The van der Waals surface area contributed by atoms with Crippen LogP contribution in [0.5, 0.6) is 0 Å². The average molecular weight is 535 g/mol. The van der Waals surface area contributed by atoms with E-state index in [0.717, 1.165) is 21.9 Å². The van der Waals surface area contributed by atoms with Crippen molar-refractivity contribution >= 4 is 39.9 Å². The molecule has 0 aromatic heterocycles. The molecule has 1 atom stereocenters. The number of benzene rings is 4. The molecular weight excluding hydrogens is 500 g/mol. The van der Waals surface area contributed by atoms with E-state index in [9.17, 15) is 14.4 Å². The highest BCUT2D eigenvalue weighted by molar-refractivity contribution is 6.13. The molecule has 4 aromatic rings. The van der Waals surface area contributed by atoms with E-state index < -0.39 is 6.04 Å². The standard InChI is InChI=1S/C33H34N4O3/c1-21-8-10-23(11-9-21)29-18-30(38)36-27-17-25(31(39)35-20-33(2,3)19-34)14-15-28(27)37(29)32(40)26-13-12-22-6-4-5-7-24(22)16-26/h4-17,29H,18-20,34H2,1-3H3,(H,35,39)(H,36,38). The van der Waals surface area contributed by atoms with E-state index >= 15 is 0 Å². The smallest absolute Gasteiger partial charge is 0.258 e. The molecule has 0 fully saturated rings. The van der Waals surface area contributed by atoms with Gasteiger partial charge in [0.1, 0.15) is 0 Å². The van der Waals surface area contributed by atoms with Crippen LogP contribution in [-0.4, -0.2) is 30.8 Å². The molecule has 0 bridgehead atoms. The number of hydrogen-bond acceptors (Lipinski definition) is 4. The molecule has 3 amide bonds. The van der Waals surface area contributed by atoms with Crippen molar-refractivity contribution in [1.82, 2.24) is 5.32 Å². The molecule has 40 heavy (non-hydrogen) atoms. The number of fused-ring (bicyclic) bond motifs is 2. The van der Waals surface area contributed by atoms with Crippen LogP contribution >= 0.6 is 0 Å². The SMILES string of the molecule is Cc1ccc(C2CC(=O)Nc3cc(C(=O)NCC(C)(C)CN)ccc3N2C(=O)c2ccc3ccccc3c2)cc1. The van der Waals surface area contributed by atoms with Crippen LogP contribution in [0.2, 0.25) is 0 Å². The monoisotopic (exact) mass is 534 g/mol. The summed E-state index contributed by atoms with van der Waals surface area (Å²) in [6.07, 6.45) is 0.0727. The predicted molar refractivity (Wildman–Crippen MR) is 160 cm³/mol. The minimum Gasteiger partial charge on any atom is -0.351 e. The van der Waals surface area contributed by atoms with Crippen molar-refractivity contribution < 1.29 is 14.4 Å². The summed E-state index contributed by atoms with van der Waals surface area (Å²) in [5.41, 5.74) is 9.36. The Morgan fingerprint density at radius 1 is 0.950 bits per heavy atom. The average Bonchev–Trinajstić information content (AvgIpc) is 3.10. The van der Waals surface area contributed by atoms with Gasteiger partial charge in [-0.15, -0.1) is 0 Å². The van der Waals surface area contributed by atoms with E-state index in [0.29, 0.717) is 35.6 Å². The topological polar surface area (TPSA) is 105 Å². The summed E-state index contributed by atoms with van der Waals surface area (Å²) in [7, 11) is 0. The summed E-state index contributed by atoms with van der Waals surface area (Å²) in [6, 6.07) is 25.9. The minimum absolute atomic E-state index is 0.0727. The molecule has 0 saturated carbocycles. The molecule has 1 aliphatic rings. The Hall–Kier alpha value is -4.49. The molecule has 0 saturated heterocycles.